The molecule has 1 heterocycles. The van der Waals surface area contributed by atoms with Gasteiger partial charge in [0.25, 0.3) is 0 Å². The lowest BCUT2D eigenvalue weighted by molar-refractivity contribution is -0.00947. The van der Waals surface area contributed by atoms with E-state index in [0.717, 1.165) is 0 Å². The van der Waals surface area contributed by atoms with E-state index in [1.54, 1.807) is 50.4 Å². The molecular weight excluding hydrogens is 288 g/mol. The molecule has 0 saturated heterocycles. The zero-order chi connectivity index (χ0) is 15.0. The monoisotopic (exact) mass is 304 g/mol. The molecule has 21 heavy (non-hydrogen) atoms. The minimum atomic E-state index is -1.42. The van der Waals surface area contributed by atoms with E-state index in [2.05, 4.69) is 0 Å². The van der Waals surface area contributed by atoms with Crippen LogP contribution < -0.4 is 9.47 Å². The second kappa shape index (κ2) is 5.16. The molecule has 1 aliphatic heterocycles. The van der Waals surface area contributed by atoms with Crippen molar-refractivity contribution in [3.63, 3.8) is 0 Å². The van der Waals surface area contributed by atoms with Crippen LogP contribution in [0.3, 0.4) is 0 Å². The molecule has 5 heteroatoms. The SMILES string of the molecule is COc1ccc([C@](C)(O)[C@@H]2Oc3ccccc3S2=O)cc1. The summed E-state index contributed by atoms with van der Waals surface area (Å²) < 4.78 is 23.4. The third-order valence-electron chi connectivity index (χ3n) is 3.63. The topological polar surface area (TPSA) is 55.8 Å². The lowest BCUT2D eigenvalue weighted by Gasteiger charge is -2.28. The Balaban J connectivity index is 1.94. The van der Waals surface area contributed by atoms with Crippen LogP contribution in [0.25, 0.3) is 0 Å². The maximum absolute atomic E-state index is 12.5. The van der Waals surface area contributed by atoms with Crippen LogP contribution in [0.2, 0.25) is 0 Å². The minimum absolute atomic E-state index is 0.564. The van der Waals surface area contributed by atoms with Crippen LogP contribution in [0, 0.1) is 0 Å². The number of rotatable bonds is 3. The normalized spacial score (nSPS) is 23.0. The maximum atomic E-state index is 12.5. The van der Waals surface area contributed by atoms with Crippen LogP contribution in [0.15, 0.2) is 53.4 Å². The van der Waals surface area contributed by atoms with Crippen LogP contribution in [0.4, 0.5) is 0 Å². The summed E-state index contributed by atoms with van der Waals surface area (Å²) >= 11 is 0. The fraction of sp³-hybridized carbons (Fsp3) is 0.250. The number of fused-ring (bicyclic) bond motifs is 1. The molecule has 0 spiro atoms. The maximum Gasteiger partial charge on any atom is 0.210 e. The van der Waals surface area contributed by atoms with Gasteiger partial charge in [0.1, 0.15) is 27.9 Å². The molecule has 4 nitrogen and oxygen atoms in total. The summed E-state index contributed by atoms with van der Waals surface area (Å²) in [4.78, 5) is 0.622. The molecule has 1 aliphatic rings. The fourth-order valence-corrected chi connectivity index (χ4v) is 3.88. The van der Waals surface area contributed by atoms with E-state index in [1.807, 2.05) is 12.1 Å². The molecule has 0 bridgehead atoms. The summed E-state index contributed by atoms with van der Waals surface area (Å²) in [7, 11) is 0.166. The number of ether oxygens (including phenoxy) is 2. The van der Waals surface area contributed by atoms with Crippen molar-refractivity contribution in [3.8, 4) is 11.5 Å². The van der Waals surface area contributed by atoms with E-state index in [4.69, 9.17) is 9.47 Å². The van der Waals surface area contributed by atoms with Gasteiger partial charge in [-0.2, -0.15) is 0 Å². The van der Waals surface area contributed by atoms with E-state index < -0.39 is 21.8 Å². The second-order valence-electron chi connectivity index (χ2n) is 5.07. The number of benzene rings is 2. The Morgan fingerprint density at radius 1 is 1.19 bits per heavy atom. The van der Waals surface area contributed by atoms with Crippen molar-refractivity contribution in [2.45, 2.75) is 22.9 Å². The van der Waals surface area contributed by atoms with Gasteiger partial charge in [-0.25, -0.2) is 0 Å². The summed E-state index contributed by atoms with van der Waals surface area (Å²) in [5.74, 6) is 1.26. The Bertz CT molecular complexity index is 679. The Morgan fingerprint density at radius 2 is 1.86 bits per heavy atom. The van der Waals surface area contributed by atoms with Gasteiger partial charge in [0.2, 0.25) is 5.44 Å². The molecule has 0 radical (unpaired) electrons. The van der Waals surface area contributed by atoms with Gasteiger partial charge < -0.3 is 14.6 Å². The van der Waals surface area contributed by atoms with Crippen molar-refractivity contribution in [1.82, 2.24) is 0 Å². The molecule has 3 rings (SSSR count). The van der Waals surface area contributed by atoms with Gasteiger partial charge in [-0.15, -0.1) is 0 Å². The van der Waals surface area contributed by atoms with Gasteiger partial charge in [0.05, 0.1) is 12.0 Å². The van der Waals surface area contributed by atoms with E-state index in [1.165, 1.54) is 0 Å². The third kappa shape index (κ3) is 2.32. The van der Waals surface area contributed by atoms with Crippen LogP contribution in [-0.2, 0) is 16.4 Å². The molecule has 0 saturated carbocycles. The Hall–Kier alpha value is -1.85. The zero-order valence-corrected chi connectivity index (χ0v) is 12.6. The van der Waals surface area contributed by atoms with Gasteiger partial charge in [0, 0.05) is 0 Å². The van der Waals surface area contributed by atoms with Crippen LogP contribution in [0.1, 0.15) is 12.5 Å². The van der Waals surface area contributed by atoms with Gasteiger partial charge >= 0.3 is 0 Å². The molecule has 1 N–H and O–H groups in total. The first kappa shape index (κ1) is 14.1. The first-order valence-corrected chi connectivity index (χ1v) is 7.78. The molecule has 110 valence electrons. The predicted octanol–water partition coefficient (Wildman–Crippen LogP) is 2.43. The van der Waals surface area contributed by atoms with Gasteiger partial charge in [-0.1, -0.05) is 24.3 Å². The summed E-state index contributed by atoms with van der Waals surface area (Å²) in [6.07, 6.45) is 0. The van der Waals surface area contributed by atoms with Crippen LogP contribution in [-0.4, -0.2) is 21.9 Å². The van der Waals surface area contributed by atoms with Gasteiger partial charge in [0.15, 0.2) is 0 Å². The molecule has 2 aromatic rings. The summed E-state index contributed by atoms with van der Waals surface area (Å²) in [5.41, 5.74) is -1.56. The molecule has 0 amide bonds. The van der Waals surface area contributed by atoms with Crippen molar-refractivity contribution >= 4 is 10.8 Å². The van der Waals surface area contributed by atoms with Gasteiger partial charge in [-0.3, -0.25) is 4.21 Å². The Kier molecular flexibility index (Phi) is 3.47. The van der Waals surface area contributed by atoms with E-state index in [0.29, 0.717) is 22.0 Å². The number of hydrogen-bond donors (Lipinski definition) is 1. The zero-order valence-electron chi connectivity index (χ0n) is 11.8. The average molecular weight is 304 g/mol. The van der Waals surface area contributed by atoms with E-state index in [9.17, 15) is 9.32 Å². The molecule has 0 aromatic heterocycles. The number of methoxy groups -OCH3 is 1. The van der Waals surface area contributed by atoms with Crippen LogP contribution in [0.5, 0.6) is 11.5 Å². The number of para-hydroxylation sites is 1. The lowest BCUT2D eigenvalue weighted by Crippen LogP contribution is -2.41. The number of aliphatic hydroxyl groups is 1. The second-order valence-corrected chi connectivity index (χ2v) is 6.53. The Morgan fingerprint density at radius 3 is 2.48 bits per heavy atom. The quantitative estimate of drug-likeness (QED) is 0.946. The molecular formula is C16H16O4S. The third-order valence-corrected chi connectivity index (χ3v) is 5.34. The minimum Gasteiger partial charge on any atom is -0.497 e. The smallest absolute Gasteiger partial charge is 0.210 e. The van der Waals surface area contributed by atoms with Crippen LogP contribution >= 0.6 is 0 Å². The molecule has 0 aliphatic carbocycles. The summed E-state index contributed by atoms with van der Waals surface area (Å²) in [5, 5.41) is 10.8. The van der Waals surface area contributed by atoms with E-state index >= 15 is 0 Å². The highest BCUT2D eigenvalue weighted by Gasteiger charge is 2.45. The molecule has 3 atom stereocenters. The van der Waals surface area contributed by atoms with Crippen molar-refractivity contribution in [1.29, 1.82) is 0 Å². The molecule has 0 fully saturated rings. The average Bonchev–Trinajstić information content (AvgIpc) is 2.86. The molecule has 2 aromatic carbocycles. The first-order chi connectivity index (χ1) is 10.0. The number of hydrogen-bond acceptors (Lipinski definition) is 4. The van der Waals surface area contributed by atoms with Crippen molar-refractivity contribution in [3.05, 3.63) is 54.1 Å². The molecule has 1 unspecified atom stereocenters. The van der Waals surface area contributed by atoms with Crippen molar-refractivity contribution < 1.29 is 18.8 Å². The lowest BCUT2D eigenvalue weighted by atomic mass is 9.96. The highest BCUT2D eigenvalue weighted by Crippen LogP contribution is 2.40. The fourth-order valence-electron chi connectivity index (χ4n) is 2.38. The Labute approximate surface area is 125 Å². The predicted molar refractivity (Wildman–Crippen MR) is 79.8 cm³/mol. The van der Waals surface area contributed by atoms with Gasteiger partial charge in [-0.05, 0) is 36.8 Å². The summed E-state index contributed by atoms with van der Waals surface area (Å²) in [6, 6.07) is 14.2. The van der Waals surface area contributed by atoms with Crippen molar-refractivity contribution in [2.24, 2.45) is 0 Å². The van der Waals surface area contributed by atoms with Crippen molar-refractivity contribution in [2.75, 3.05) is 7.11 Å². The highest BCUT2D eigenvalue weighted by atomic mass is 32.2. The van der Waals surface area contributed by atoms with E-state index in [-0.39, 0.29) is 0 Å². The first-order valence-electron chi connectivity index (χ1n) is 6.57. The largest absolute Gasteiger partial charge is 0.497 e. The standard InChI is InChI=1S/C16H16O4S/c1-16(17,11-7-9-12(19-2)10-8-11)15-20-13-5-3-4-6-14(13)21(15)18/h3-10,15,17H,1-2H3/t15-,16+,21?/m1/s1. The highest BCUT2D eigenvalue weighted by molar-refractivity contribution is 7.86. The summed E-state index contributed by atoms with van der Waals surface area (Å²) in [6.45, 7) is 1.61.